The van der Waals surface area contributed by atoms with E-state index >= 15 is 0 Å². The SMILES string of the molecule is CCCCCCc1ccc2c(Sc3ccnc4cc(CCCCCC)ccc34)ccnc2c1. The van der Waals surface area contributed by atoms with Crippen molar-refractivity contribution in [3.63, 3.8) is 0 Å². The Morgan fingerprint density at radius 3 is 1.52 bits per heavy atom. The van der Waals surface area contributed by atoms with Crippen LogP contribution in [-0.2, 0) is 12.8 Å². The van der Waals surface area contributed by atoms with Crippen molar-refractivity contribution in [1.82, 2.24) is 9.97 Å². The van der Waals surface area contributed by atoms with E-state index in [2.05, 4.69) is 72.3 Å². The van der Waals surface area contributed by atoms with Gasteiger partial charge in [-0.25, -0.2) is 0 Å². The molecule has 0 unspecified atom stereocenters. The van der Waals surface area contributed by atoms with Crippen LogP contribution >= 0.6 is 11.8 Å². The molecule has 0 aliphatic heterocycles. The summed E-state index contributed by atoms with van der Waals surface area (Å²) in [5.74, 6) is 0. The van der Waals surface area contributed by atoms with Gasteiger partial charge in [-0.15, -0.1) is 0 Å². The number of hydrogen-bond donors (Lipinski definition) is 0. The zero-order valence-corrected chi connectivity index (χ0v) is 21.0. The number of pyridine rings is 2. The van der Waals surface area contributed by atoms with Crippen molar-refractivity contribution < 1.29 is 0 Å². The van der Waals surface area contributed by atoms with Crippen LogP contribution in [0.15, 0.2) is 70.7 Å². The zero-order valence-electron chi connectivity index (χ0n) is 20.1. The summed E-state index contributed by atoms with van der Waals surface area (Å²) in [4.78, 5) is 11.9. The van der Waals surface area contributed by atoms with E-state index in [9.17, 15) is 0 Å². The van der Waals surface area contributed by atoms with Crippen molar-refractivity contribution >= 4 is 33.6 Å². The molecule has 2 heterocycles. The standard InChI is InChI=1S/C30H36N2S/c1-3-5-7-9-11-23-13-15-25-27(21-23)31-19-17-29(25)33-30-18-20-32-28-22-24(14-16-26(28)30)12-10-8-6-4-2/h13-22H,3-12H2,1-2H3. The molecule has 0 aliphatic rings. The third-order valence-electron chi connectivity index (χ3n) is 6.39. The van der Waals surface area contributed by atoms with Crippen LogP contribution in [0.2, 0.25) is 0 Å². The predicted molar refractivity (Wildman–Crippen MR) is 143 cm³/mol. The van der Waals surface area contributed by atoms with Crippen LogP contribution in [0.3, 0.4) is 0 Å². The molecule has 33 heavy (non-hydrogen) atoms. The lowest BCUT2D eigenvalue weighted by atomic mass is 10.0. The minimum absolute atomic E-state index is 1.10. The Kier molecular flexibility index (Phi) is 8.77. The molecule has 0 spiro atoms. The Labute approximate surface area is 203 Å². The van der Waals surface area contributed by atoms with Gasteiger partial charge in [0.15, 0.2) is 0 Å². The highest BCUT2D eigenvalue weighted by Crippen LogP contribution is 2.36. The number of benzene rings is 2. The van der Waals surface area contributed by atoms with E-state index in [4.69, 9.17) is 0 Å². The fraction of sp³-hybridized carbons (Fsp3) is 0.400. The van der Waals surface area contributed by atoms with E-state index in [0.29, 0.717) is 0 Å². The van der Waals surface area contributed by atoms with Crippen molar-refractivity contribution in [3.8, 4) is 0 Å². The zero-order chi connectivity index (χ0) is 22.9. The molecule has 4 aromatic rings. The summed E-state index contributed by atoms with van der Waals surface area (Å²) in [6, 6.07) is 17.9. The highest BCUT2D eigenvalue weighted by atomic mass is 32.2. The Balaban J connectivity index is 1.52. The molecule has 0 aliphatic carbocycles. The summed E-state index contributed by atoms with van der Waals surface area (Å²) in [5.41, 5.74) is 4.99. The van der Waals surface area contributed by atoms with Gasteiger partial charge in [0.1, 0.15) is 0 Å². The second-order valence-corrected chi connectivity index (χ2v) is 10.1. The van der Waals surface area contributed by atoms with Crippen LogP contribution in [0.1, 0.15) is 76.3 Å². The molecule has 0 saturated carbocycles. The van der Waals surface area contributed by atoms with Gasteiger partial charge in [-0.1, -0.05) is 88.4 Å². The number of fused-ring (bicyclic) bond motifs is 2. The summed E-state index contributed by atoms with van der Waals surface area (Å²) >= 11 is 1.83. The van der Waals surface area contributed by atoms with Crippen molar-refractivity contribution in [2.24, 2.45) is 0 Å². The number of unbranched alkanes of at least 4 members (excludes halogenated alkanes) is 6. The maximum absolute atomic E-state index is 4.68. The minimum Gasteiger partial charge on any atom is -0.256 e. The lowest BCUT2D eigenvalue weighted by molar-refractivity contribution is 0.667. The van der Waals surface area contributed by atoms with E-state index in [1.807, 2.05) is 24.2 Å². The molecule has 0 saturated heterocycles. The largest absolute Gasteiger partial charge is 0.256 e. The molecule has 0 N–H and O–H groups in total. The lowest BCUT2D eigenvalue weighted by Crippen LogP contribution is -1.90. The number of aromatic nitrogens is 2. The average molecular weight is 457 g/mol. The van der Waals surface area contributed by atoms with E-state index in [0.717, 1.165) is 23.9 Å². The Morgan fingerprint density at radius 2 is 1.06 bits per heavy atom. The van der Waals surface area contributed by atoms with Gasteiger partial charge in [0, 0.05) is 33.0 Å². The molecule has 3 heteroatoms. The van der Waals surface area contributed by atoms with E-state index in [1.165, 1.54) is 83.1 Å². The van der Waals surface area contributed by atoms with E-state index in [1.54, 1.807) is 0 Å². The van der Waals surface area contributed by atoms with E-state index in [-0.39, 0.29) is 0 Å². The number of rotatable bonds is 12. The van der Waals surface area contributed by atoms with Gasteiger partial charge in [-0.3, -0.25) is 9.97 Å². The van der Waals surface area contributed by atoms with Gasteiger partial charge >= 0.3 is 0 Å². The quantitative estimate of drug-likeness (QED) is 0.199. The van der Waals surface area contributed by atoms with Crippen LogP contribution in [0.5, 0.6) is 0 Å². The van der Waals surface area contributed by atoms with Crippen molar-refractivity contribution in [2.75, 3.05) is 0 Å². The monoisotopic (exact) mass is 456 g/mol. The average Bonchev–Trinajstić information content (AvgIpc) is 2.84. The van der Waals surface area contributed by atoms with Crippen LogP contribution < -0.4 is 0 Å². The van der Waals surface area contributed by atoms with Gasteiger partial charge < -0.3 is 0 Å². The third kappa shape index (κ3) is 6.35. The molecule has 0 fully saturated rings. The molecular formula is C30H36N2S. The molecule has 0 radical (unpaired) electrons. The smallest absolute Gasteiger partial charge is 0.0716 e. The Morgan fingerprint density at radius 1 is 0.576 bits per heavy atom. The van der Waals surface area contributed by atoms with Crippen LogP contribution in [0.4, 0.5) is 0 Å². The third-order valence-corrected chi connectivity index (χ3v) is 7.54. The summed E-state index contributed by atoms with van der Waals surface area (Å²) in [6.07, 6.45) is 16.5. The first-order valence-corrected chi connectivity index (χ1v) is 13.5. The maximum atomic E-state index is 4.68. The summed E-state index contributed by atoms with van der Waals surface area (Å²) < 4.78 is 0. The molecule has 0 amide bonds. The number of aryl methyl sites for hydroxylation is 2. The normalized spacial score (nSPS) is 11.5. The summed E-state index contributed by atoms with van der Waals surface area (Å²) in [6.45, 7) is 4.53. The van der Waals surface area contributed by atoms with Crippen LogP contribution in [0.25, 0.3) is 21.8 Å². The second kappa shape index (κ2) is 12.2. The van der Waals surface area contributed by atoms with Gasteiger partial charge in [0.05, 0.1) is 11.0 Å². The van der Waals surface area contributed by atoms with Gasteiger partial charge in [0.2, 0.25) is 0 Å². The first kappa shape index (κ1) is 23.8. The summed E-state index contributed by atoms with van der Waals surface area (Å²) in [7, 11) is 0. The first-order chi connectivity index (χ1) is 16.3. The molecule has 2 aromatic heterocycles. The molecular weight excluding hydrogens is 420 g/mol. The van der Waals surface area contributed by atoms with Crippen LogP contribution in [0, 0.1) is 0 Å². The van der Waals surface area contributed by atoms with Gasteiger partial charge in [-0.2, -0.15) is 0 Å². The minimum atomic E-state index is 1.10. The fourth-order valence-electron chi connectivity index (χ4n) is 4.45. The highest BCUT2D eigenvalue weighted by molar-refractivity contribution is 7.99. The number of nitrogens with zero attached hydrogens (tertiary/aromatic N) is 2. The van der Waals surface area contributed by atoms with Crippen molar-refractivity contribution in [3.05, 3.63) is 72.1 Å². The van der Waals surface area contributed by atoms with Gasteiger partial charge in [0.25, 0.3) is 0 Å². The van der Waals surface area contributed by atoms with Gasteiger partial charge in [-0.05, 0) is 61.1 Å². The van der Waals surface area contributed by atoms with Crippen molar-refractivity contribution in [1.29, 1.82) is 0 Å². The first-order valence-electron chi connectivity index (χ1n) is 12.7. The molecule has 4 rings (SSSR count). The lowest BCUT2D eigenvalue weighted by Gasteiger charge is -2.10. The molecule has 2 nitrogen and oxygen atoms in total. The predicted octanol–water partition coefficient (Wildman–Crippen LogP) is 9.18. The van der Waals surface area contributed by atoms with Crippen molar-refractivity contribution in [2.45, 2.75) is 87.8 Å². The Hall–Kier alpha value is -2.39. The highest BCUT2D eigenvalue weighted by Gasteiger charge is 2.09. The fourth-order valence-corrected chi connectivity index (χ4v) is 5.51. The topological polar surface area (TPSA) is 25.8 Å². The second-order valence-electron chi connectivity index (χ2n) is 9.04. The molecule has 2 aromatic carbocycles. The van der Waals surface area contributed by atoms with E-state index < -0.39 is 0 Å². The maximum Gasteiger partial charge on any atom is 0.0716 e. The summed E-state index contributed by atoms with van der Waals surface area (Å²) in [5, 5.41) is 2.47. The molecule has 0 atom stereocenters. The molecule has 0 bridgehead atoms. The number of hydrogen-bond acceptors (Lipinski definition) is 3. The Bertz CT molecular complexity index is 1090. The van der Waals surface area contributed by atoms with Crippen LogP contribution in [-0.4, -0.2) is 9.97 Å². The molecule has 172 valence electrons.